The average Bonchev–Trinajstić information content (AvgIpc) is 3.37. The van der Waals surface area contributed by atoms with Crippen molar-refractivity contribution in [1.29, 1.82) is 0 Å². The Morgan fingerprint density at radius 1 is 1.11 bits per heavy atom. The van der Waals surface area contributed by atoms with Gasteiger partial charge in [0.25, 0.3) is 0 Å². The zero-order chi connectivity index (χ0) is 19.3. The van der Waals surface area contributed by atoms with Gasteiger partial charge in [0.15, 0.2) is 5.13 Å². The van der Waals surface area contributed by atoms with Crippen LogP contribution in [-0.4, -0.2) is 10.9 Å². The lowest BCUT2D eigenvalue weighted by atomic mass is 9.84. The molecule has 4 rings (SSSR count). The fraction of sp³-hybridized carbons (Fsp3) is 0.304. The Bertz CT molecular complexity index is 935. The lowest BCUT2D eigenvalue weighted by molar-refractivity contribution is -0.118. The number of nitrogens with zero attached hydrogens (tertiary/aromatic N) is 1. The Labute approximate surface area is 174 Å². The van der Waals surface area contributed by atoms with Gasteiger partial charge in [-0.15, -0.1) is 11.3 Å². The summed E-state index contributed by atoms with van der Waals surface area (Å²) in [5.74, 6) is 0.348. The number of benzene rings is 2. The molecule has 0 bridgehead atoms. The molecule has 1 heterocycles. The molecule has 1 fully saturated rings. The number of carbonyl (C=O) groups excluding carboxylic acids is 1. The molecule has 2 aromatic carbocycles. The fourth-order valence-electron chi connectivity index (χ4n) is 4.05. The standard InChI is InChI=1S/C23H23ClN2OS/c24-20-13-7-6-12-18(20)14-19-15-25-23(28-19)26-22(27)21(17-10-4-5-11-17)16-8-2-1-3-9-16/h1-3,6-9,12-13,15,17,21H,4-5,10-11,14H2,(H,25,26,27). The Kier molecular flexibility index (Phi) is 6.08. The number of halogens is 1. The van der Waals surface area contributed by atoms with Gasteiger partial charge in [0.2, 0.25) is 5.91 Å². The van der Waals surface area contributed by atoms with Crippen molar-refractivity contribution in [2.75, 3.05) is 5.32 Å². The minimum atomic E-state index is -0.111. The fourth-order valence-corrected chi connectivity index (χ4v) is 5.09. The molecule has 28 heavy (non-hydrogen) atoms. The largest absolute Gasteiger partial charge is 0.301 e. The number of anilines is 1. The molecule has 1 aromatic heterocycles. The minimum absolute atomic E-state index is 0.0525. The van der Waals surface area contributed by atoms with Gasteiger partial charge < -0.3 is 5.32 Å². The summed E-state index contributed by atoms with van der Waals surface area (Å²) in [6.07, 6.45) is 7.20. The average molecular weight is 411 g/mol. The maximum atomic E-state index is 13.2. The van der Waals surface area contributed by atoms with Crippen LogP contribution in [0.3, 0.4) is 0 Å². The summed E-state index contributed by atoms with van der Waals surface area (Å²) in [7, 11) is 0. The molecule has 1 aliphatic rings. The molecular formula is C23H23ClN2OS. The van der Waals surface area contributed by atoms with Gasteiger partial charge in [-0.05, 0) is 36.0 Å². The van der Waals surface area contributed by atoms with Crippen LogP contribution in [-0.2, 0) is 11.2 Å². The highest BCUT2D eigenvalue weighted by atomic mass is 35.5. The predicted octanol–water partition coefficient (Wildman–Crippen LogP) is 6.30. The quantitative estimate of drug-likeness (QED) is 0.518. The van der Waals surface area contributed by atoms with Crippen molar-refractivity contribution in [3.05, 3.63) is 81.8 Å². The molecule has 1 amide bonds. The van der Waals surface area contributed by atoms with Gasteiger partial charge >= 0.3 is 0 Å². The second-order valence-corrected chi connectivity index (χ2v) is 8.84. The third-order valence-electron chi connectivity index (χ3n) is 5.42. The van der Waals surface area contributed by atoms with E-state index in [1.807, 2.05) is 48.7 Å². The second-order valence-electron chi connectivity index (χ2n) is 7.32. The predicted molar refractivity (Wildman–Crippen MR) is 116 cm³/mol. The van der Waals surface area contributed by atoms with E-state index in [4.69, 9.17) is 11.6 Å². The van der Waals surface area contributed by atoms with Crippen LogP contribution in [0.4, 0.5) is 5.13 Å². The number of amides is 1. The van der Waals surface area contributed by atoms with Crippen LogP contribution < -0.4 is 5.32 Å². The summed E-state index contributed by atoms with van der Waals surface area (Å²) in [6.45, 7) is 0. The molecule has 144 valence electrons. The summed E-state index contributed by atoms with van der Waals surface area (Å²) in [4.78, 5) is 18.7. The SMILES string of the molecule is O=C(Nc1ncc(Cc2ccccc2Cl)s1)C(c1ccccc1)C1CCCC1. The molecule has 1 saturated carbocycles. The van der Waals surface area contributed by atoms with Crippen molar-refractivity contribution in [2.24, 2.45) is 5.92 Å². The van der Waals surface area contributed by atoms with Gasteiger partial charge in [0.05, 0.1) is 5.92 Å². The topological polar surface area (TPSA) is 42.0 Å². The number of rotatable bonds is 6. The molecular weight excluding hydrogens is 388 g/mol. The lowest BCUT2D eigenvalue weighted by Gasteiger charge is -2.22. The molecule has 1 N–H and O–H groups in total. The summed E-state index contributed by atoms with van der Waals surface area (Å²) in [6, 6.07) is 18.0. The summed E-state index contributed by atoms with van der Waals surface area (Å²) in [5, 5.41) is 4.49. The third-order valence-corrected chi connectivity index (χ3v) is 6.70. The molecule has 3 nitrogen and oxygen atoms in total. The number of carbonyl (C=O) groups is 1. The van der Waals surface area contributed by atoms with E-state index >= 15 is 0 Å². The molecule has 1 atom stereocenters. The first-order chi connectivity index (χ1) is 13.7. The number of thiazole rings is 1. The van der Waals surface area contributed by atoms with Crippen LogP contribution in [0.25, 0.3) is 0 Å². The Morgan fingerprint density at radius 2 is 1.82 bits per heavy atom. The summed E-state index contributed by atoms with van der Waals surface area (Å²) in [5.41, 5.74) is 2.17. The molecule has 0 saturated heterocycles. The molecule has 0 spiro atoms. The smallest absolute Gasteiger partial charge is 0.233 e. The number of nitrogens with one attached hydrogen (secondary N) is 1. The maximum absolute atomic E-state index is 13.2. The maximum Gasteiger partial charge on any atom is 0.233 e. The zero-order valence-electron chi connectivity index (χ0n) is 15.6. The van der Waals surface area contributed by atoms with Gasteiger partial charge in [-0.2, -0.15) is 0 Å². The molecule has 1 unspecified atom stereocenters. The minimum Gasteiger partial charge on any atom is -0.301 e. The van der Waals surface area contributed by atoms with Crippen LogP contribution in [0.1, 0.15) is 47.6 Å². The normalized spacial score (nSPS) is 15.5. The summed E-state index contributed by atoms with van der Waals surface area (Å²) >= 11 is 7.78. The highest BCUT2D eigenvalue weighted by molar-refractivity contribution is 7.15. The molecule has 0 radical (unpaired) electrons. The summed E-state index contributed by atoms with van der Waals surface area (Å²) < 4.78 is 0. The van der Waals surface area contributed by atoms with Crippen LogP contribution in [0, 0.1) is 5.92 Å². The molecule has 3 aromatic rings. The highest BCUT2D eigenvalue weighted by Crippen LogP contribution is 2.38. The first-order valence-electron chi connectivity index (χ1n) is 9.74. The van der Waals surface area contributed by atoms with Gasteiger partial charge in [0.1, 0.15) is 0 Å². The van der Waals surface area contributed by atoms with Crippen LogP contribution in [0.5, 0.6) is 0 Å². The van der Waals surface area contributed by atoms with Crippen LogP contribution in [0.15, 0.2) is 60.8 Å². The van der Waals surface area contributed by atoms with Crippen molar-refractivity contribution < 1.29 is 4.79 Å². The van der Waals surface area contributed by atoms with E-state index in [-0.39, 0.29) is 11.8 Å². The zero-order valence-corrected chi connectivity index (χ0v) is 17.2. The third kappa shape index (κ3) is 4.45. The number of hydrogen-bond acceptors (Lipinski definition) is 3. The Morgan fingerprint density at radius 3 is 2.57 bits per heavy atom. The van der Waals surface area contributed by atoms with Crippen molar-refractivity contribution in [3.63, 3.8) is 0 Å². The van der Waals surface area contributed by atoms with Crippen LogP contribution >= 0.6 is 22.9 Å². The van der Waals surface area contributed by atoms with E-state index < -0.39 is 0 Å². The van der Waals surface area contributed by atoms with Crippen molar-refractivity contribution in [1.82, 2.24) is 4.98 Å². The Balaban J connectivity index is 1.49. The molecule has 1 aliphatic carbocycles. The lowest BCUT2D eigenvalue weighted by Crippen LogP contribution is -2.26. The number of aromatic nitrogens is 1. The van der Waals surface area contributed by atoms with Gasteiger partial charge in [-0.25, -0.2) is 4.98 Å². The number of hydrogen-bond donors (Lipinski definition) is 1. The second kappa shape index (κ2) is 8.89. The van der Waals surface area contributed by atoms with Crippen molar-refractivity contribution in [3.8, 4) is 0 Å². The van der Waals surface area contributed by atoms with E-state index in [0.717, 1.165) is 40.3 Å². The monoisotopic (exact) mass is 410 g/mol. The van der Waals surface area contributed by atoms with E-state index in [9.17, 15) is 4.79 Å². The van der Waals surface area contributed by atoms with E-state index in [0.29, 0.717) is 11.0 Å². The molecule has 5 heteroatoms. The van der Waals surface area contributed by atoms with E-state index in [2.05, 4.69) is 22.4 Å². The first-order valence-corrected chi connectivity index (χ1v) is 10.9. The highest BCUT2D eigenvalue weighted by Gasteiger charge is 2.32. The van der Waals surface area contributed by atoms with Crippen molar-refractivity contribution >= 4 is 34.0 Å². The van der Waals surface area contributed by atoms with Gasteiger partial charge in [-0.3, -0.25) is 4.79 Å². The van der Waals surface area contributed by atoms with Crippen LogP contribution in [0.2, 0.25) is 5.02 Å². The van der Waals surface area contributed by atoms with E-state index in [1.165, 1.54) is 24.2 Å². The van der Waals surface area contributed by atoms with Crippen molar-refractivity contribution in [2.45, 2.75) is 38.0 Å². The first kappa shape index (κ1) is 19.2. The molecule has 0 aliphatic heterocycles. The van der Waals surface area contributed by atoms with E-state index in [1.54, 1.807) is 0 Å². The van der Waals surface area contributed by atoms with Gasteiger partial charge in [0, 0.05) is 22.5 Å². The Hall–Kier alpha value is -2.17. The van der Waals surface area contributed by atoms with Gasteiger partial charge in [-0.1, -0.05) is 73.0 Å².